The lowest BCUT2D eigenvalue weighted by molar-refractivity contribution is -0.139. The molecule has 90 valence electrons. The molecule has 0 aromatic carbocycles. The predicted octanol–water partition coefficient (Wildman–Crippen LogP) is 2.05. The van der Waals surface area contributed by atoms with E-state index in [1.807, 2.05) is 0 Å². The summed E-state index contributed by atoms with van der Waals surface area (Å²) in [5.41, 5.74) is 2.77. The van der Waals surface area contributed by atoms with Crippen LogP contribution >= 0.6 is 0 Å². The Balaban J connectivity index is 2.39. The van der Waals surface area contributed by atoms with Crippen molar-refractivity contribution in [2.75, 3.05) is 20.2 Å². The third-order valence-electron chi connectivity index (χ3n) is 3.45. The molecule has 0 aromatic rings. The fraction of sp³-hybridized carbons (Fsp3) is 0.615. The highest BCUT2D eigenvalue weighted by atomic mass is 16.5. The quantitative estimate of drug-likeness (QED) is 0.553. The molecule has 0 bridgehead atoms. The molecule has 16 heavy (non-hydrogen) atoms. The minimum Gasteiger partial charge on any atom is -0.468 e. The summed E-state index contributed by atoms with van der Waals surface area (Å²) in [5.74, 6) is -0.236. The number of esters is 1. The second-order valence-corrected chi connectivity index (χ2v) is 4.34. The molecule has 1 saturated carbocycles. The van der Waals surface area contributed by atoms with Crippen molar-refractivity contribution in [1.29, 1.82) is 0 Å². The van der Waals surface area contributed by atoms with E-state index in [4.69, 9.17) is 0 Å². The van der Waals surface area contributed by atoms with Crippen LogP contribution < -0.4 is 5.32 Å². The van der Waals surface area contributed by atoms with E-state index in [0.29, 0.717) is 6.54 Å². The van der Waals surface area contributed by atoms with Crippen LogP contribution in [0.25, 0.3) is 0 Å². The van der Waals surface area contributed by atoms with Crippen molar-refractivity contribution in [3.8, 4) is 0 Å². The molecule has 0 saturated heterocycles. The number of nitrogens with one attached hydrogen (secondary N) is 1. The first-order valence-corrected chi connectivity index (χ1v) is 5.66. The molecule has 1 aliphatic carbocycles. The number of methoxy groups -OCH3 is 1. The first kappa shape index (κ1) is 13.0. The Kier molecular flexibility index (Phi) is 4.30. The van der Waals surface area contributed by atoms with Crippen molar-refractivity contribution in [2.45, 2.75) is 26.7 Å². The Hall–Kier alpha value is -1.09. The lowest BCUT2D eigenvalue weighted by Crippen LogP contribution is -2.28. The Bertz CT molecular complexity index is 314. The molecular formula is C13H21NO2. The number of hydrogen-bond acceptors (Lipinski definition) is 3. The van der Waals surface area contributed by atoms with Gasteiger partial charge in [0.2, 0.25) is 0 Å². The summed E-state index contributed by atoms with van der Waals surface area (Å²) in [7, 11) is 1.39. The lowest BCUT2D eigenvalue weighted by Gasteiger charge is -2.19. The van der Waals surface area contributed by atoms with Crippen LogP contribution in [0.1, 0.15) is 26.7 Å². The molecule has 1 rings (SSSR count). The Labute approximate surface area is 97.6 Å². The number of rotatable bonds is 6. The van der Waals surface area contributed by atoms with Gasteiger partial charge in [-0.15, -0.1) is 0 Å². The molecule has 1 N–H and O–H groups in total. The standard InChI is InChI=1S/C13H21NO2/c1-5-10(2)13(6-7-13)11(3)8-14-9-12(15)16-4/h5,14H,3,6-9H2,1-2,4H3/b10-5+. The fourth-order valence-electron chi connectivity index (χ4n) is 1.98. The molecule has 3 nitrogen and oxygen atoms in total. The van der Waals surface area contributed by atoms with Gasteiger partial charge in [0.05, 0.1) is 13.7 Å². The van der Waals surface area contributed by atoms with Crippen LogP contribution in [-0.2, 0) is 9.53 Å². The average Bonchev–Trinajstić information content (AvgIpc) is 3.08. The van der Waals surface area contributed by atoms with E-state index >= 15 is 0 Å². The van der Waals surface area contributed by atoms with Crippen LogP contribution in [0.5, 0.6) is 0 Å². The first-order chi connectivity index (χ1) is 7.56. The normalized spacial score (nSPS) is 18.1. The summed E-state index contributed by atoms with van der Waals surface area (Å²) in [6.07, 6.45) is 4.52. The lowest BCUT2D eigenvalue weighted by atomic mass is 9.89. The van der Waals surface area contributed by atoms with E-state index in [9.17, 15) is 4.79 Å². The van der Waals surface area contributed by atoms with Crippen molar-refractivity contribution in [3.63, 3.8) is 0 Å². The fourth-order valence-corrected chi connectivity index (χ4v) is 1.98. The highest BCUT2D eigenvalue weighted by Gasteiger charge is 2.45. The number of allylic oxidation sites excluding steroid dienone is 2. The maximum absolute atomic E-state index is 10.9. The van der Waals surface area contributed by atoms with Crippen LogP contribution in [0.4, 0.5) is 0 Å². The monoisotopic (exact) mass is 223 g/mol. The molecule has 0 heterocycles. The van der Waals surface area contributed by atoms with E-state index in [1.165, 1.54) is 31.1 Å². The van der Waals surface area contributed by atoms with Crippen LogP contribution in [0.2, 0.25) is 0 Å². The summed E-state index contributed by atoms with van der Waals surface area (Å²) < 4.78 is 4.56. The van der Waals surface area contributed by atoms with Crippen molar-refractivity contribution >= 4 is 5.97 Å². The topological polar surface area (TPSA) is 38.3 Å². The SMILES string of the molecule is C=C(CNCC(=O)OC)C1(/C(C)=C/C)CC1. The number of hydrogen-bond donors (Lipinski definition) is 1. The third-order valence-corrected chi connectivity index (χ3v) is 3.45. The zero-order valence-electron chi connectivity index (χ0n) is 10.4. The van der Waals surface area contributed by atoms with E-state index in [1.54, 1.807) is 0 Å². The van der Waals surface area contributed by atoms with Gasteiger partial charge in [0.25, 0.3) is 0 Å². The number of ether oxygens (including phenoxy) is 1. The van der Waals surface area contributed by atoms with Gasteiger partial charge in [-0.1, -0.05) is 23.8 Å². The van der Waals surface area contributed by atoms with E-state index in [2.05, 4.69) is 36.6 Å². The molecule has 3 heteroatoms. The highest BCUT2D eigenvalue weighted by molar-refractivity contribution is 5.71. The van der Waals surface area contributed by atoms with Crippen molar-refractivity contribution in [1.82, 2.24) is 5.32 Å². The van der Waals surface area contributed by atoms with Crippen LogP contribution in [0.15, 0.2) is 23.8 Å². The van der Waals surface area contributed by atoms with Crippen LogP contribution in [-0.4, -0.2) is 26.2 Å². The van der Waals surface area contributed by atoms with Crippen molar-refractivity contribution < 1.29 is 9.53 Å². The average molecular weight is 223 g/mol. The second-order valence-electron chi connectivity index (χ2n) is 4.34. The first-order valence-electron chi connectivity index (χ1n) is 5.66. The van der Waals surface area contributed by atoms with Crippen molar-refractivity contribution in [2.24, 2.45) is 5.41 Å². The predicted molar refractivity (Wildman–Crippen MR) is 65.1 cm³/mol. The maximum Gasteiger partial charge on any atom is 0.319 e. The Morgan fingerprint density at radius 3 is 2.56 bits per heavy atom. The molecule has 0 aromatic heterocycles. The van der Waals surface area contributed by atoms with Gasteiger partial charge in [-0.2, -0.15) is 0 Å². The molecule has 0 atom stereocenters. The number of carbonyl (C=O) groups is 1. The van der Waals surface area contributed by atoms with Gasteiger partial charge in [-0.25, -0.2) is 0 Å². The van der Waals surface area contributed by atoms with E-state index in [0.717, 1.165) is 0 Å². The molecule has 0 aliphatic heterocycles. The van der Waals surface area contributed by atoms with Gasteiger partial charge in [-0.3, -0.25) is 4.79 Å². The molecular weight excluding hydrogens is 202 g/mol. The van der Waals surface area contributed by atoms with E-state index in [-0.39, 0.29) is 17.9 Å². The van der Waals surface area contributed by atoms with Gasteiger partial charge >= 0.3 is 5.97 Å². The second kappa shape index (κ2) is 5.30. The van der Waals surface area contributed by atoms with Crippen LogP contribution in [0, 0.1) is 5.41 Å². The summed E-state index contributed by atoms with van der Waals surface area (Å²) in [4.78, 5) is 10.9. The minimum absolute atomic E-state index is 0.206. The zero-order valence-corrected chi connectivity index (χ0v) is 10.4. The molecule has 0 amide bonds. The summed E-state index contributed by atoms with van der Waals surface area (Å²) in [6, 6.07) is 0. The molecule has 0 radical (unpaired) electrons. The largest absolute Gasteiger partial charge is 0.468 e. The highest BCUT2D eigenvalue weighted by Crippen LogP contribution is 2.56. The van der Waals surface area contributed by atoms with Gasteiger partial charge in [0, 0.05) is 12.0 Å². The minimum atomic E-state index is -0.236. The zero-order chi connectivity index (χ0) is 12.2. The van der Waals surface area contributed by atoms with Crippen molar-refractivity contribution in [3.05, 3.63) is 23.8 Å². The summed E-state index contributed by atoms with van der Waals surface area (Å²) in [6.45, 7) is 9.27. The Morgan fingerprint density at radius 1 is 1.50 bits per heavy atom. The van der Waals surface area contributed by atoms with Gasteiger partial charge in [0.15, 0.2) is 0 Å². The van der Waals surface area contributed by atoms with E-state index < -0.39 is 0 Å². The molecule has 0 unspecified atom stereocenters. The van der Waals surface area contributed by atoms with Gasteiger partial charge in [-0.05, 0) is 26.7 Å². The maximum atomic E-state index is 10.9. The summed E-state index contributed by atoms with van der Waals surface area (Å²) in [5, 5.41) is 3.06. The Morgan fingerprint density at radius 2 is 2.12 bits per heavy atom. The number of carbonyl (C=O) groups excluding carboxylic acids is 1. The third kappa shape index (κ3) is 2.73. The molecule has 1 fully saturated rings. The molecule has 0 spiro atoms. The van der Waals surface area contributed by atoms with Gasteiger partial charge < -0.3 is 10.1 Å². The molecule has 1 aliphatic rings. The smallest absolute Gasteiger partial charge is 0.319 e. The van der Waals surface area contributed by atoms with Gasteiger partial charge in [0.1, 0.15) is 0 Å². The van der Waals surface area contributed by atoms with Crippen LogP contribution in [0.3, 0.4) is 0 Å². The summed E-state index contributed by atoms with van der Waals surface area (Å²) >= 11 is 0.